The highest BCUT2D eigenvalue weighted by Gasteiger charge is 2.41. The van der Waals surface area contributed by atoms with E-state index in [2.05, 4.69) is 10.3 Å². The summed E-state index contributed by atoms with van der Waals surface area (Å²) < 4.78 is 16.6. The number of ketones is 1. The standard InChI is InChI=1S/C26H32FN5O4S.ClH/c1-17(33)37-23-11-13-31(25(26(35)18-9-10-18)21-6-2-3-7-22(21)27)16-19(23)14-20-15-28-30-32(20)12-5-4-8-24(34)29-36;/h2-3,6-7,14-15,18,23,25,36H,4-5,8-13,16H2,1H3,(H,29,34);1H/b19-14-;. The van der Waals surface area contributed by atoms with E-state index in [9.17, 15) is 18.8 Å². The van der Waals surface area contributed by atoms with Crippen molar-refractivity contribution >= 4 is 47.1 Å². The number of Topliss-reactive ketones (excluding diaryl/α,β-unsaturated/α-hetero) is 1. The number of amides is 1. The number of thioether (sulfide) groups is 1. The van der Waals surface area contributed by atoms with Crippen LogP contribution in [-0.4, -0.2) is 60.2 Å². The molecule has 0 radical (unpaired) electrons. The number of benzene rings is 1. The Kier molecular flexibility index (Phi) is 11.0. The largest absolute Gasteiger partial charge is 0.297 e. The lowest BCUT2D eigenvalue weighted by molar-refractivity contribution is -0.129. The molecule has 38 heavy (non-hydrogen) atoms. The van der Waals surface area contributed by atoms with Gasteiger partial charge in [0.25, 0.3) is 0 Å². The van der Waals surface area contributed by atoms with Crippen LogP contribution in [-0.2, 0) is 20.9 Å². The molecule has 2 unspecified atom stereocenters. The number of hydroxylamine groups is 1. The van der Waals surface area contributed by atoms with Crippen LogP contribution in [0.2, 0.25) is 0 Å². The van der Waals surface area contributed by atoms with Crippen LogP contribution >= 0.6 is 24.2 Å². The summed E-state index contributed by atoms with van der Waals surface area (Å²) in [5.41, 5.74) is 3.74. The fourth-order valence-corrected chi connectivity index (χ4v) is 5.66. The van der Waals surface area contributed by atoms with E-state index >= 15 is 0 Å². The SMILES string of the molecule is CC(=O)SC1CCN(C(C(=O)C2CC2)c2ccccc2F)C/C1=C/c1cnnn1CCCCC(=O)NO.Cl. The average Bonchev–Trinajstić information content (AvgIpc) is 3.64. The van der Waals surface area contributed by atoms with Gasteiger partial charge >= 0.3 is 0 Å². The zero-order valence-corrected chi connectivity index (χ0v) is 22.8. The molecule has 4 rings (SSSR count). The number of carbonyl (C=O) groups is 3. The molecule has 9 nitrogen and oxygen atoms in total. The third-order valence-corrected chi connectivity index (χ3v) is 7.88. The van der Waals surface area contributed by atoms with Crippen molar-refractivity contribution in [3.05, 3.63) is 53.1 Å². The van der Waals surface area contributed by atoms with Crippen molar-refractivity contribution in [1.29, 1.82) is 0 Å². The summed E-state index contributed by atoms with van der Waals surface area (Å²) in [5, 5.41) is 16.8. The van der Waals surface area contributed by atoms with E-state index in [0.29, 0.717) is 44.5 Å². The number of carbonyl (C=O) groups excluding carboxylic acids is 3. The first kappa shape index (κ1) is 29.9. The molecule has 1 aromatic heterocycles. The lowest BCUT2D eigenvalue weighted by atomic mass is 9.93. The third-order valence-electron chi connectivity index (χ3n) is 6.73. The summed E-state index contributed by atoms with van der Waals surface area (Å²) in [5.74, 6) is -0.789. The van der Waals surface area contributed by atoms with Gasteiger partial charge in [-0.3, -0.25) is 24.5 Å². The first-order valence-electron chi connectivity index (χ1n) is 12.6. The van der Waals surface area contributed by atoms with Crippen molar-refractivity contribution in [2.75, 3.05) is 13.1 Å². The predicted octanol–water partition coefficient (Wildman–Crippen LogP) is 3.97. The van der Waals surface area contributed by atoms with Crippen molar-refractivity contribution in [2.45, 2.75) is 63.3 Å². The molecule has 1 aliphatic carbocycles. The molecule has 2 aliphatic rings. The van der Waals surface area contributed by atoms with E-state index in [4.69, 9.17) is 5.21 Å². The zero-order chi connectivity index (χ0) is 26.4. The van der Waals surface area contributed by atoms with Gasteiger partial charge < -0.3 is 0 Å². The lowest BCUT2D eigenvalue weighted by Gasteiger charge is -2.38. The normalized spacial score (nSPS) is 19.6. The molecule has 2 atom stereocenters. The number of aryl methyl sites for hydroxylation is 1. The topological polar surface area (TPSA) is 117 Å². The smallest absolute Gasteiger partial charge is 0.243 e. The van der Waals surface area contributed by atoms with Gasteiger partial charge in [-0.05, 0) is 49.8 Å². The molecule has 2 N–H and O–H groups in total. The van der Waals surface area contributed by atoms with Crippen LogP contribution in [0.15, 0.2) is 36.0 Å². The van der Waals surface area contributed by atoms with Crippen molar-refractivity contribution in [3.8, 4) is 0 Å². The molecule has 2 fully saturated rings. The van der Waals surface area contributed by atoms with E-state index in [1.165, 1.54) is 17.8 Å². The molecule has 1 aromatic carbocycles. The quantitative estimate of drug-likeness (QED) is 0.239. The van der Waals surface area contributed by atoms with E-state index in [0.717, 1.165) is 24.1 Å². The number of nitrogens with one attached hydrogen (secondary N) is 1. The van der Waals surface area contributed by atoms with Crippen LogP contribution in [0.1, 0.15) is 62.7 Å². The summed E-state index contributed by atoms with van der Waals surface area (Å²) in [6, 6.07) is 5.81. The summed E-state index contributed by atoms with van der Waals surface area (Å²) in [6.45, 7) is 3.07. The number of piperidine rings is 1. The minimum absolute atomic E-state index is 0. The summed E-state index contributed by atoms with van der Waals surface area (Å²) in [4.78, 5) is 38.6. The van der Waals surface area contributed by atoms with Crippen molar-refractivity contribution in [1.82, 2.24) is 25.4 Å². The highest BCUT2D eigenvalue weighted by atomic mass is 35.5. The average molecular weight is 566 g/mol. The second-order valence-electron chi connectivity index (χ2n) is 9.55. The number of hydrogen-bond acceptors (Lipinski definition) is 8. The van der Waals surface area contributed by atoms with Crippen LogP contribution in [0, 0.1) is 11.7 Å². The van der Waals surface area contributed by atoms with Crippen molar-refractivity contribution < 1.29 is 24.0 Å². The molecule has 206 valence electrons. The molecule has 1 amide bonds. The number of hydrogen-bond donors (Lipinski definition) is 2. The zero-order valence-electron chi connectivity index (χ0n) is 21.2. The molecule has 1 saturated heterocycles. The van der Waals surface area contributed by atoms with E-state index in [1.54, 1.807) is 41.5 Å². The van der Waals surface area contributed by atoms with Gasteiger partial charge in [0.15, 0.2) is 10.9 Å². The molecule has 1 aliphatic heterocycles. The molecular weight excluding hydrogens is 533 g/mol. The Hall–Kier alpha value is -2.60. The molecule has 2 heterocycles. The van der Waals surface area contributed by atoms with Crippen LogP contribution in [0.4, 0.5) is 4.39 Å². The van der Waals surface area contributed by atoms with Crippen molar-refractivity contribution in [3.63, 3.8) is 0 Å². The Balaban J connectivity index is 0.00000400. The number of unbranched alkanes of at least 4 members (excludes halogenated alkanes) is 1. The molecule has 12 heteroatoms. The van der Waals surface area contributed by atoms with Gasteiger partial charge in [-0.15, -0.1) is 17.5 Å². The van der Waals surface area contributed by atoms with Gasteiger partial charge in [0.1, 0.15) is 5.82 Å². The van der Waals surface area contributed by atoms with Crippen LogP contribution in [0.5, 0.6) is 0 Å². The number of nitrogens with zero attached hydrogens (tertiary/aromatic N) is 4. The highest BCUT2D eigenvalue weighted by molar-refractivity contribution is 8.14. The van der Waals surface area contributed by atoms with Gasteiger partial charge in [-0.25, -0.2) is 14.6 Å². The molecule has 1 saturated carbocycles. The maximum Gasteiger partial charge on any atom is 0.243 e. The number of rotatable bonds is 11. The van der Waals surface area contributed by atoms with Gasteiger partial charge in [0, 0.05) is 49.7 Å². The fourth-order valence-electron chi connectivity index (χ4n) is 4.74. The van der Waals surface area contributed by atoms with E-state index < -0.39 is 11.9 Å². The summed E-state index contributed by atoms with van der Waals surface area (Å²) in [7, 11) is 0. The van der Waals surface area contributed by atoms with Gasteiger partial charge in [-0.2, -0.15) is 0 Å². The Morgan fingerprint density at radius 2 is 2.00 bits per heavy atom. The van der Waals surface area contributed by atoms with Crippen LogP contribution < -0.4 is 5.48 Å². The minimum Gasteiger partial charge on any atom is -0.297 e. The fraction of sp³-hybridized carbons (Fsp3) is 0.500. The molecular formula is C26H33ClFN5O4S. The first-order chi connectivity index (χ1) is 17.9. The summed E-state index contributed by atoms with van der Waals surface area (Å²) in [6.07, 6.45) is 7.39. The van der Waals surface area contributed by atoms with Gasteiger partial charge in [-0.1, -0.05) is 35.2 Å². The second-order valence-corrected chi connectivity index (χ2v) is 10.9. The lowest BCUT2D eigenvalue weighted by Crippen LogP contribution is -2.43. The van der Waals surface area contributed by atoms with Gasteiger partial charge in [0.05, 0.1) is 17.9 Å². The Labute approximate surface area is 231 Å². The molecule has 0 bridgehead atoms. The summed E-state index contributed by atoms with van der Waals surface area (Å²) >= 11 is 1.27. The van der Waals surface area contributed by atoms with Crippen molar-refractivity contribution in [2.24, 2.45) is 5.92 Å². The number of likely N-dealkylation sites (tertiary alicyclic amines) is 1. The second kappa shape index (κ2) is 14.0. The number of halogens is 2. The first-order valence-corrected chi connectivity index (χ1v) is 13.5. The Morgan fingerprint density at radius 1 is 1.24 bits per heavy atom. The maximum atomic E-state index is 14.9. The van der Waals surface area contributed by atoms with E-state index in [-0.39, 0.29) is 46.7 Å². The van der Waals surface area contributed by atoms with E-state index in [1.807, 2.05) is 11.0 Å². The van der Waals surface area contributed by atoms with Gasteiger partial charge in [0.2, 0.25) is 5.91 Å². The highest BCUT2D eigenvalue weighted by Crippen LogP contribution is 2.40. The third kappa shape index (κ3) is 7.72. The Bertz CT molecular complexity index is 1170. The Morgan fingerprint density at radius 3 is 2.68 bits per heavy atom. The monoisotopic (exact) mass is 565 g/mol. The number of aromatic nitrogens is 3. The van der Waals surface area contributed by atoms with Crippen LogP contribution in [0.3, 0.4) is 0 Å². The predicted molar refractivity (Wildman–Crippen MR) is 144 cm³/mol. The molecule has 2 aromatic rings. The molecule has 0 spiro atoms. The van der Waals surface area contributed by atoms with Crippen LogP contribution in [0.25, 0.3) is 6.08 Å². The maximum absolute atomic E-state index is 14.9. The minimum atomic E-state index is -0.666.